The Bertz CT molecular complexity index is 493. The van der Waals surface area contributed by atoms with Gasteiger partial charge in [-0.3, -0.25) is 14.4 Å². The molecule has 0 aromatic heterocycles. The van der Waals surface area contributed by atoms with Crippen LogP contribution in [0.1, 0.15) is 81.6 Å². The Hall–Kier alpha value is -1.67. The second kappa shape index (κ2) is 20.0. The van der Waals surface area contributed by atoms with Gasteiger partial charge in [0, 0.05) is 19.7 Å². The van der Waals surface area contributed by atoms with E-state index in [4.69, 9.17) is 4.74 Å². The standard InChI is InChI=1S/C14H27N3O3.C5H10O2.C3H8.C2H6/c1-10-7-6-8-17(10)14(19)13(11(2)20-5)15-12(18)9-16(3)4;1-5(2,3)7-4-6;1-3-2;1-2/h10-11,13H,6-9H2,1-5H3,(H,15,18);4H,1-3H3;3H2,1-2H3;1-2H3. The molecule has 0 bridgehead atoms. The number of rotatable bonds is 7. The molecule has 3 atom stereocenters. The fourth-order valence-electron chi connectivity index (χ4n) is 2.61. The van der Waals surface area contributed by atoms with Crippen LogP contribution in [0.5, 0.6) is 0 Å². The van der Waals surface area contributed by atoms with Crippen molar-refractivity contribution in [3.05, 3.63) is 0 Å². The van der Waals surface area contributed by atoms with Crippen molar-refractivity contribution in [2.45, 2.75) is 105 Å². The summed E-state index contributed by atoms with van der Waals surface area (Å²) in [5.41, 5.74) is -0.318. The first-order chi connectivity index (χ1) is 14.8. The number of nitrogens with zero attached hydrogens (tertiary/aromatic N) is 2. The van der Waals surface area contributed by atoms with E-state index in [0.717, 1.165) is 19.4 Å². The molecule has 1 fully saturated rings. The fraction of sp³-hybridized carbons (Fsp3) is 0.875. The Morgan fingerprint density at radius 1 is 1.22 bits per heavy atom. The monoisotopic (exact) mass is 461 g/mol. The van der Waals surface area contributed by atoms with Gasteiger partial charge in [-0.25, -0.2) is 0 Å². The van der Waals surface area contributed by atoms with Gasteiger partial charge in [0.15, 0.2) is 0 Å². The van der Waals surface area contributed by atoms with E-state index < -0.39 is 6.04 Å². The van der Waals surface area contributed by atoms with E-state index in [0.29, 0.717) is 6.47 Å². The van der Waals surface area contributed by atoms with E-state index in [1.165, 1.54) is 6.42 Å². The Morgan fingerprint density at radius 2 is 1.72 bits per heavy atom. The third-order valence-corrected chi connectivity index (χ3v) is 4.12. The van der Waals surface area contributed by atoms with Gasteiger partial charge in [-0.05, 0) is 61.6 Å². The average molecular weight is 462 g/mol. The predicted molar refractivity (Wildman–Crippen MR) is 132 cm³/mol. The van der Waals surface area contributed by atoms with Gasteiger partial charge in [-0.1, -0.05) is 34.1 Å². The van der Waals surface area contributed by atoms with Crippen LogP contribution in [0.3, 0.4) is 0 Å². The number of nitrogens with one attached hydrogen (secondary N) is 1. The summed E-state index contributed by atoms with van der Waals surface area (Å²) in [5.74, 6) is -0.208. The molecule has 1 aliphatic heterocycles. The van der Waals surface area contributed by atoms with Crippen molar-refractivity contribution >= 4 is 18.3 Å². The lowest BCUT2D eigenvalue weighted by Crippen LogP contribution is -2.56. The molecule has 32 heavy (non-hydrogen) atoms. The minimum absolute atomic E-state index is 0.0449. The smallest absolute Gasteiger partial charge is 0.293 e. The van der Waals surface area contributed by atoms with E-state index in [-0.39, 0.29) is 36.1 Å². The van der Waals surface area contributed by atoms with Crippen molar-refractivity contribution < 1.29 is 23.9 Å². The Kier molecular flexibility index (Phi) is 21.8. The number of carbonyl (C=O) groups is 3. The second-order valence-electron chi connectivity index (χ2n) is 8.78. The maximum Gasteiger partial charge on any atom is 0.293 e. The van der Waals surface area contributed by atoms with Crippen LogP contribution in [-0.2, 0) is 23.9 Å². The number of methoxy groups -OCH3 is 1. The number of carbonyl (C=O) groups excluding carboxylic acids is 3. The van der Waals surface area contributed by atoms with Gasteiger partial charge in [-0.15, -0.1) is 0 Å². The summed E-state index contributed by atoms with van der Waals surface area (Å²) in [4.78, 5) is 37.7. The normalized spacial score (nSPS) is 16.8. The first-order valence-corrected chi connectivity index (χ1v) is 11.7. The molecular formula is C24H51N3O5. The van der Waals surface area contributed by atoms with Crippen molar-refractivity contribution in [2.75, 3.05) is 34.3 Å². The van der Waals surface area contributed by atoms with E-state index in [1.54, 1.807) is 18.9 Å². The van der Waals surface area contributed by atoms with Crippen LogP contribution in [-0.4, -0.2) is 86.2 Å². The molecule has 8 heteroatoms. The lowest BCUT2D eigenvalue weighted by Gasteiger charge is -2.30. The van der Waals surface area contributed by atoms with Crippen LogP contribution in [0.4, 0.5) is 0 Å². The topological polar surface area (TPSA) is 88.2 Å². The molecule has 8 nitrogen and oxygen atoms in total. The van der Waals surface area contributed by atoms with Crippen LogP contribution >= 0.6 is 0 Å². The molecule has 1 heterocycles. The number of hydrogen-bond donors (Lipinski definition) is 1. The van der Waals surface area contributed by atoms with Crippen LogP contribution in [0.25, 0.3) is 0 Å². The third kappa shape index (κ3) is 18.0. The van der Waals surface area contributed by atoms with Crippen LogP contribution < -0.4 is 5.32 Å². The number of ether oxygens (including phenoxy) is 2. The molecule has 0 saturated carbocycles. The number of amides is 2. The highest BCUT2D eigenvalue weighted by atomic mass is 16.5. The Labute approximate surface area is 197 Å². The van der Waals surface area contributed by atoms with E-state index >= 15 is 0 Å². The van der Waals surface area contributed by atoms with Gasteiger partial charge in [0.05, 0.1) is 12.6 Å². The fourth-order valence-corrected chi connectivity index (χ4v) is 2.61. The predicted octanol–water partition coefficient (Wildman–Crippen LogP) is 3.48. The number of likely N-dealkylation sites (tertiary alicyclic amines) is 1. The largest absolute Gasteiger partial charge is 0.462 e. The van der Waals surface area contributed by atoms with Gasteiger partial charge in [0.1, 0.15) is 11.6 Å². The average Bonchev–Trinajstić information content (AvgIpc) is 3.12. The quantitative estimate of drug-likeness (QED) is 0.584. The molecule has 1 saturated heterocycles. The molecule has 0 aliphatic carbocycles. The molecule has 0 aromatic rings. The van der Waals surface area contributed by atoms with Crippen LogP contribution in [0.15, 0.2) is 0 Å². The Balaban J connectivity index is -0.000000583. The van der Waals surface area contributed by atoms with Crippen molar-refractivity contribution in [3.8, 4) is 0 Å². The van der Waals surface area contributed by atoms with E-state index in [9.17, 15) is 14.4 Å². The molecule has 1 aliphatic rings. The van der Waals surface area contributed by atoms with Gasteiger partial charge in [0.2, 0.25) is 11.8 Å². The molecule has 192 valence electrons. The highest BCUT2D eigenvalue weighted by molar-refractivity contribution is 5.89. The minimum atomic E-state index is -0.618. The Morgan fingerprint density at radius 3 is 2.00 bits per heavy atom. The highest BCUT2D eigenvalue weighted by Gasteiger charge is 2.34. The zero-order valence-corrected chi connectivity index (χ0v) is 22.8. The molecule has 2 amide bonds. The molecule has 1 N–H and O–H groups in total. The van der Waals surface area contributed by atoms with Gasteiger partial charge in [0.25, 0.3) is 6.47 Å². The summed E-state index contributed by atoms with van der Waals surface area (Å²) in [6.45, 7) is 19.0. The summed E-state index contributed by atoms with van der Waals surface area (Å²) in [7, 11) is 5.19. The van der Waals surface area contributed by atoms with Gasteiger partial charge < -0.3 is 24.6 Å². The second-order valence-corrected chi connectivity index (χ2v) is 8.78. The molecule has 0 aromatic carbocycles. The zero-order chi connectivity index (χ0) is 25.9. The third-order valence-electron chi connectivity index (χ3n) is 4.12. The van der Waals surface area contributed by atoms with Crippen molar-refractivity contribution in [2.24, 2.45) is 0 Å². The van der Waals surface area contributed by atoms with E-state index in [1.807, 2.05) is 60.5 Å². The lowest BCUT2D eigenvalue weighted by molar-refractivity contribution is -0.140. The highest BCUT2D eigenvalue weighted by Crippen LogP contribution is 2.18. The number of hydrogen-bond acceptors (Lipinski definition) is 6. The summed E-state index contributed by atoms with van der Waals surface area (Å²) in [5, 5.41) is 2.80. The van der Waals surface area contributed by atoms with Crippen molar-refractivity contribution in [1.29, 1.82) is 0 Å². The summed E-state index contributed by atoms with van der Waals surface area (Å²) in [6, 6.07) is -0.382. The van der Waals surface area contributed by atoms with Gasteiger partial charge >= 0.3 is 0 Å². The SMILES string of the molecule is CC.CC(C)(C)OC=O.CCC.COC(C)C(NC(=O)CN(C)C)C(=O)N1CCCC1C. The van der Waals surface area contributed by atoms with Crippen molar-refractivity contribution in [1.82, 2.24) is 15.1 Å². The maximum absolute atomic E-state index is 12.6. The minimum Gasteiger partial charge on any atom is -0.462 e. The van der Waals surface area contributed by atoms with Gasteiger partial charge in [-0.2, -0.15) is 0 Å². The van der Waals surface area contributed by atoms with Crippen LogP contribution in [0.2, 0.25) is 0 Å². The first-order valence-electron chi connectivity index (χ1n) is 11.7. The molecule has 1 rings (SSSR count). The summed E-state index contributed by atoms with van der Waals surface area (Å²) in [6.07, 6.45) is 2.94. The molecule has 3 unspecified atom stereocenters. The van der Waals surface area contributed by atoms with E-state index in [2.05, 4.69) is 23.9 Å². The first kappa shape index (κ1) is 34.9. The number of likely N-dealkylation sites (N-methyl/N-ethyl adjacent to an activating group) is 1. The molecule has 0 spiro atoms. The molecule has 0 radical (unpaired) electrons. The maximum atomic E-state index is 12.6. The summed E-state index contributed by atoms with van der Waals surface area (Å²) >= 11 is 0. The van der Waals surface area contributed by atoms with Crippen molar-refractivity contribution in [3.63, 3.8) is 0 Å². The molecular weight excluding hydrogens is 410 g/mol. The summed E-state index contributed by atoms with van der Waals surface area (Å²) < 4.78 is 9.81. The van der Waals surface area contributed by atoms with Crippen LogP contribution in [0, 0.1) is 0 Å². The lowest BCUT2D eigenvalue weighted by atomic mass is 10.1. The zero-order valence-electron chi connectivity index (χ0n) is 22.8.